The number of hydrogen-bond acceptors (Lipinski definition) is 4. The number of thioether (sulfide) groups is 1. The maximum absolute atomic E-state index is 8.98. The zero-order valence-electron chi connectivity index (χ0n) is 8.27. The molecule has 0 saturated carbocycles. The monoisotopic (exact) mass is 213 g/mol. The smallest absolute Gasteiger partial charge is 0.207 e. The quantitative estimate of drug-likeness (QED) is 0.837. The molecule has 0 amide bonds. The Morgan fingerprint density at radius 1 is 1.79 bits per heavy atom. The molecule has 0 aromatic carbocycles. The Labute approximate surface area is 87.9 Å². The summed E-state index contributed by atoms with van der Waals surface area (Å²) in [7, 11) is 0. The molecule has 1 aliphatic rings. The molecule has 78 valence electrons. The molecule has 0 radical (unpaired) electrons. The molecular weight excluding hydrogens is 198 g/mol. The lowest BCUT2D eigenvalue weighted by molar-refractivity contribution is 0.271. The number of aliphatic hydroxyl groups is 1. The minimum atomic E-state index is 0.0823. The number of rotatable bonds is 3. The first-order valence-electron chi connectivity index (χ1n) is 4.99. The summed E-state index contributed by atoms with van der Waals surface area (Å²) in [4.78, 5) is 4.42. The molecule has 0 aliphatic carbocycles. The third-order valence-corrected chi connectivity index (χ3v) is 3.89. The number of nitrogens with zero attached hydrogens (tertiary/aromatic N) is 1. The van der Waals surface area contributed by atoms with Crippen molar-refractivity contribution in [2.24, 2.45) is 0 Å². The van der Waals surface area contributed by atoms with Crippen molar-refractivity contribution < 1.29 is 9.52 Å². The summed E-state index contributed by atoms with van der Waals surface area (Å²) in [5, 5.41) is 9.42. The molecule has 1 aliphatic heterocycles. The van der Waals surface area contributed by atoms with Gasteiger partial charge >= 0.3 is 0 Å². The second-order valence-electron chi connectivity index (χ2n) is 3.70. The Hall–Kier alpha value is -0.480. The van der Waals surface area contributed by atoms with Gasteiger partial charge in [0, 0.05) is 5.92 Å². The van der Waals surface area contributed by atoms with Crippen LogP contribution >= 0.6 is 11.8 Å². The van der Waals surface area contributed by atoms with E-state index in [-0.39, 0.29) is 12.5 Å². The summed E-state index contributed by atoms with van der Waals surface area (Å²) < 4.78 is 5.43. The Kier molecular flexibility index (Phi) is 3.13. The van der Waals surface area contributed by atoms with Crippen LogP contribution in [0.3, 0.4) is 0 Å². The topological polar surface area (TPSA) is 46.3 Å². The zero-order valence-corrected chi connectivity index (χ0v) is 9.09. The molecule has 1 aromatic rings. The molecule has 3 nitrogen and oxygen atoms in total. The van der Waals surface area contributed by atoms with E-state index in [0.29, 0.717) is 5.25 Å². The second-order valence-corrected chi connectivity index (χ2v) is 5.01. The van der Waals surface area contributed by atoms with Gasteiger partial charge in [0.1, 0.15) is 6.26 Å². The fourth-order valence-corrected chi connectivity index (χ4v) is 2.74. The van der Waals surface area contributed by atoms with E-state index < -0.39 is 0 Å². The summed E-state index contributed by atoms with van der Waals surface area (Å²) >= 11 is 1.91. The van der Waals surface area contributed by atoms with Gasteiger partial charge in [0.05, 0.1) is 17.6 Å². The van der Waals surface area contributed by atoms with Crippen molar-refractivity contribution >= 4 is 11.8 Å². The highest BCUT2D eigenvalue weighted by Gasteiger charge is 2.23. The fourth-order valence-electron chi connectivity index (χ4n) is 1.54. The van der Waals surface area contributed by atoms with Crippen LogP contribution in [0.15, 0.2) is 10.7 Å². The molecule has 0 bridgehead atoms. The fraction of sp³-hybridized carbons (Fsp3) is 0.700. The molecule has 1 saturated heterocycles. The van der Waals surface area contributed by atoms with Crippen LogP contribution in [-0.4, -0.2) is 22.5 Å². The summed E-state index contributed by atoms with van der Waals surface area (Å²) in [6.45, 7) is 2.08. The minimum Gasteiger partial charge on any atom is -0.447 e. The number of aliphatic hydroxyl groups excluding tert-OH is 1. The summed E-state index contributed by atoms with van der Waals surface area (Å²) in [6.07, 6.45) is 4.09. The maximum atomic E-state index is 8.98. The molecule has 14 heavy (non-hydrogen) atoms. The van der Waals surface area contributed by atoms with Gasteiger partial charge < -0.3 is 9.52 Å². The average Bonchev–Trinajstić information content (AvgIpc) is 2.86. The highest BCUT2D eigenvalue weighted by molar-refractivity contribution is 7.99. The zero-order chi connectivity index (χ0) is 9.97. The van der Waals surface area contributed by atoms with E-state index in [4.69, 9.17) is 9.52 Å². The molecular formula is C10H15NO2S. The van der Waals surface area contributed by atoms with Gasteiger partial charge in [0.15, 0.2) is 0 Å². The molecule has 2 rings (SSSR count). The largest absolute Gasteiger partial charge is 0.447 e. The van der Waals surface area contributed by atoms with E-state index in [9.17, 15) is 0 Å². The first kappa shape index (κ1) is 10.1. The molecule has 1 aromatic heterocycles. The van der Waals surface area contributed by atoms with Crippen LogP contribution in [0.4, 0.5) is 0 Å². The molecule has 1 N–H and O–H groups in total. The normalized spacial score (nSPS) is 24.0. The van der Waals surface area contributed by atoms with Gasteiger partial charge in [-0.15, -0.1) is 11.8 Å². The van der Waals surface area contributed by atoms with Gasteiger partial charge in [-0.1, -0.05) is 6.92 Å². The highest BCUT2D eigenvalue weighted by atomic mass is 32.2. The summed E-state index contributed by atoms with van der Waals surface area (Å²) in [5.74, 6) is 2.12. The molecule has 1 fully saturated rings. The second kappa shape index (κ2) is 4.36. The van der Waals surface area contributed by atoms with Crippen molar-refractivity contribution in [1.82, 2.24) is 4.98 Å². The number of hydrogen-bond donors (Lipinski definition) is 1. The van der Waals surface area contributed by atoms with Crippen molar-refractivity contribution in [2.75, 3.05) is 12.4 Å². The Morgan fingerprint density at radius 2 is 2.64 bits per heavy atom. The van der Waals surface area contributed by atoms with Gasteiger partial charge in [-0.2, -0.15) is 0 Å². The predicted molar refractivity (Wildman–Crippen MR) is 56.4 cm³/mol. The van der Waals surface area contributed by atoms with Crippen LogP contribution in [-0.2, 0) is 0 Å². The van der Waals surface area contributed by atoms with E-state index in [0.717, 1.165) is 18.0 Å². The summed E-state index contributed by atoms with van der Waals surface area (Å²) in [5.41, 5.74) is 0.870. The first-order chi connectivity index (χ1) is 6.81. The maximum Gasteiger partial charge on any atom is 0.207 e. The van der Waals surface area contributed by atoms with Crippen LogP contribution in [0.25, 0.3) is 0 Å². The van der Waals surface area contributed by atoms with Gasteiger partial charge in [-0.05, 0) is 18.6 Å². The van der Waals surface area contributed by atoms with Crippen molar-refractivity contribution in [1.29, 1.82) is 0 Å². The highest BCUT2D eigenvalue weighted by Crippen LogP contribution is 2.39. The van der Waals surface area contributed by atoms with Crippen LogP contribution < -0.4 is 0 Å². The predicted octanol–water partition coefficient (Wildman–Crippen LogP) is 2.34. The summed E-state index contributed by atoms with van der Waals surface area (Å²) in [6, 6.07) is 0. The number of oxazole rings is 1. The van der Waals surface area contributed by atoms with Crippen LogP contribution in [0.5, 0.6) is 0 Å². The van der Waals surface area contributed by atoms with Crippen LogP contribution in [0.2, 0.25) is 0 Å². The van der Waals surface area contributed by atoms with Gasteiger partial charge in [0.2, 0.25) is 5.89 Å². The van der Waals surface area contributed by atoms with Crippen molar-refractivity contribution in [2.45, 2.75) is 30.9 Å². The van der Waals surface area contributed by atoms with E-state index in [2.05, 4.69) is 4.98 Å². The standard InChI is InChI=1S/C10H15NO2S/c1-7(5-12)8-6-13-10(11-8)9-3-2-4-14-9/h6-7,9,12H,2-5H2,1H3. The lowest BCUT2D eigenvalue weighted by Crippen LogP contribution is -1.99. The third kappa shape index (κ3) is 1.96. The van der Waals surface area contributed by atoms with Gasteiger partial charge in [-0.3, -0.25) is 0 Å². The molecule has 2 unspecified atom stereocenters. The van der Waals surface area contributed by atoms with E-state index >= 15 is 0 Å². The Bertz CT molecular complexity index is 294. The lowest BCUT2D eigenvalue weighted by atomic mass is 10.1. The van der Waals surface area contributed by atoms with Crippen molar-refractivity contribution in [3.8, 4) is 0 Å². The SMILES string of the molecule is CC(CO)c1coc(C2CCCS2)n1. The Morgan fingerprint density at radius 3 is 3.29 bits per heavy atom. The van der Waals surface area contributed by atoms with E-state index in [1.807, 2.05) is 18.7 Å². The van der Waals surface area contributed by atoms with Crippen molar-refractivity contribution in [3.63, 3.8) is 0 Å². The lowest BCUT2D eigenvalue weighted by Gasteiger charge is -2.02. The van der Waals surface area contributed by atoms with E-state index in [1.165, 1.54) is 12.2 Å². The average molecular weight is 213 g/mol. The van der Waals surface area contributed by atoms with Gasteiger partial charge in [0.25, 0.3) is 0 Å². The van der Waals surface area contributed by atoms with E-state index in [1.54, 1.807) is 6.26 Å². The number of aromatic nitrogens is 1. The molecule has 0 spiro atoms. The van der Waals surface area contributed by atoms with Gasteiger partial charge in [-0.25, -0.2) is 4.98 Å². The molecule has 2 heterocycles. The Balaban J connectivity index is 2.08. The van der Waals surface area contributed by atoms with Crippen LogP contribution in [0.1, 0.15) is 42.5 Å². The molecule has 4 heteroatoms. The minimum absolute atomic E-state index is 0.0823. The third-order valence-electron chi connectivity index (χ3n) is 2.52. The first-order valence-corrected chi connectivity index (χ1v) is 6.04. The van der Waals surface area contributed by atoms with Crippen molar-refractivity contribution in [3.05, 3.63) is 17.8 Å². The molecule has 2 atom stereocenters. The van der Waals surface area contributed by atoms with Crippen LogP contribution in [0, 0.1) is 0 Å².